The van der Waals surface area contributed by atoms with E-state index in [0.717, 1.165) is 16.0 Å². The molecule has 1 aliphatic carbocycles. The van der Waals surface area contributed by atoms with Gasteiger partial charge in [0.25, 0.3) is 0 Å². The Morgan fingerprint density at radius 2 is 2.17 bits per heavy atom. The fraction of sp³-hybridized carbons (Fsp3) is 0.190. The van der Waals surface area contributed by atoms with E-state index in [1.807, 2.05) is 16.8 Å². The molecule has 29 heavy (non-hydrogen) atoms. The van der Waals surface area contributed by atoms with Crippen LogP contribution >= 0.6 is 22.7 Å². The predicted octanol–water partition coefficient (Wildman–Crippen LogP) is 4.68. The maximum atomic E-state index is 12.3. The van der Waals surface area contributed by atoms with Crippen LogP contribution in [0, 0.1) is 11.3 Å². The molecule has 0 aliphatic heterocycles. The fourth-order valence-electron chi connectivity index (χ4n) is 3.22. The predicted molar refractivity (Wildman–Crippen MR) is 113 cm³/mol. The van der Waals surface area contributed by atoms with Gasteiger partial charge in [-0.25, -0.2) is 4.79 Å². The molecular weight excluding hydrogens is 406 g/mol. The van der Waals surface area contributed by atoms with Gasteiger partial charge in [0, 0.05) is 29.8 Å². The first kappa shape index (κ1) is 19.2. The van der Waals surface area contributed by atoms with Crippen LogP contribution in [0.1, 0.15) is 28.0 Å². The number of thiophene rings is 2. The molecule has 0 spiro atoms. The molecule has 0 saturated heterocycles. The first-order chi connectivity index (χ1) is 14.1. The Bertz CT molecular complexity index is 1090. The summed E-state index contributed by atoms with van der Waals surface area (Å²) in [4.78, 5) is 25.4. The molecule has 8 heteroatoms. The van der Waals surface area contributed by atoms with Crippen molar-refractivity contribution in [2.75, 3.05) is 5.32 Å². The highest BCUT2D eigenvalue weighted by Crippen LogP contribution is 2.38. The zero-order chi connectivity index (χ0) is 20.2. The molecule has 3 heterocycles. The first-order valence-electron chi connectivity index (χ1n) is 9.04. The van der Waals surface area contributed by atoms with E-state index in [-0.39, 0.29) is 12.0 Å². The number of carbonyl (C=O) groups is 2. The number of nitriles is 1. The second kappa shape index (κ2) is 8.47. The second-order valence-corrected chi connectivity index (χ2v) is 8.42. The number of anilines is 1. The third kappa shape index (κ3) is 4.31. The number of carbonyl (C=O) groups excluding carboxylic acids is 2. The Kier molecular flexibility index (Phi) is 5.60. The van der Waals surface area contributed by atoms with Crippen molar-refractivity contribution in [3.05, 3.63) is 69.0 Å². The molecule has 1 N–H and O–H groups in total. The van der Waals surface area contributed by atoms with Crippen LogP contribution in [0.3, 0.4) is 0 Å². The smallest absolute Gasteiger partial charge is 0.418 e. The van der Waals surface area contributed by atoms with Gasteiger partial charge in [0.1, 0.15) is 17.2 Å². The van der Waals surface area contributed by atoms with Crippen molar-refractivity contribution in [3.8, 4) is 6.07 Å². The van der Waals surface area contributed by atoms with E-state index in [0.29, 0.717) is 29.8 Å². The van der Waals surface area contributed by atoms with Crippen molar-refractivity contribution in [1.82, 2.24) is 4.57 Å². The molecule has 0 bridgehead atoms. The Morgan fingerprint density at radius 3 is 2.90 bits per heavy atom. The minimum atomic E-state index is -0.410. The van der Waals surface area contributed by atoms with Crippen molar-refractivity contribution < 1.29 is 14.3 Å². The molecule has 6 nitrogen and oxygen atoms in total. The maximum absolute atomic E-state index is 12.3. The van der Waals surface area contributed by atoms with E-state index in [1.165, 1.54) is 22.0 Å². The molecule has 146 valence electrons. The number of fused-ring (bicyclic) bond motifs is 1. The summed E-state index contributed by atoms with van der Waals surface area (Å²) in [6.07, 6.45) is 7.67. The lowest BCUT2D eigenvalue weighted by Crippen LogP contribution is -2.26. The van der Waals surface area contributed by atoms with Gasteiger partial charge in [0.2, 0.25) is 5.91 Å². The number of hydrogen-bond acceptors (Lipinski definition) is 6. The third-order valence-electron chi connectivity index (χ3n) is 4.62. The lowest BCUT2D eigenvalue weighted by atomic mass is 9.94. The highest BCUT2D eigenvalue weighted by molar-refractivity contribution is 7.16. The highest BCUT2D eigenvalue weighted by atomic mass is 32.1. The molecule has 1 aliphatic rings. The molecule has 3 aromatic heterocycles. The number of ether oxygens (including phenoxy) is 1. The third-order valence-corrected chi connectivity index (χ3v) is 6.49. The summed E-state index contributed by atoms with van der Waals surface area (Å²) >= 11 is 2.94. The van der Waals surface area contributed by atoms with E-state index < -0.39 is 6.09 Å². The van der Waals surface area contributed by atoms with Crippen LogP contribution in [0.15, 0.2) is 47.4 Å². The van der Waals surface area contributed by atoms with Crippen molar-refractivity contribution in [1.29, 1.82) is 5.26 Å². The summed E-state index contributed by atoms with van der Waals surface area (Å²) in [6, 6.07) is 7.67. The van der Waals surface area contributed by atoms with Crippen LogP contribution in [-0.4, -0.2) is 22.7 Å². The van der Waals surface area contributed by atoms with Crippen molar-refractivity contribution in [2.24, 2.45) is 0 Å². The molecule has 3 aromatic rings. The van der Waals surface area contributed by atoms with Crippen LogP contribution in [0.5, 0.6) is 0 Å². The van der Waals surface area contributed by atoms with Gasteiger partial charge in [0.05, 0.1) is 5.56 Å². The molecule has 0 fully saturated rings. The van der Waals surface area contributed by atoms with E-state index in [9.17, 15) is 14.9 Å². The monoisotopic (exact) mass is 423 g/mol. The van der Waals surface area contributed by atoms with Gasteiger partial charge in [-0.3, -0.25) is 9.36 Å². The standard InChI is InChI=1S/C21H17N3O3S2/c22-12-17-16-5-4-15(27-21(26)24-8-1-2-9-24)11-18(16)29-20(17)23-19(25)6-3-14-7-10-28-13-14/h1-3,6-10,13,15H,4-5,11H2,(H,23,25)/b6-3+. The highest BCUT2D eigenvalue weighted by Gasteiger charge is 2.28. The van der Waals surface area contributed by atoms with Crippen LogP contribution in [0.25, 0.3) is 6.08 Å². The Hall–Kier alpha value is -3.15. The SMILES string of the molecule is N#Cc1c(NC(=O)/C=C/c2ccsc2)sc2c1CCC(OC(=O)n1cccc1)C2. The van der Waals surface area contributed by atoms with Crippen LogP contribution in [0.4, 0.5) is 9.80 Å². The second-order valence-electron chi connectivity index (χ2n) is 6.54. The van der Waals surface area contributed by atoms with Gasteiger partial charge in [-0.1, -0.05) is 0 Å². The zero-order valence-electron chi connectivity index (χ0n) is 15.3. The summed E-state index contributed by atoms with van der Waals surface area (Å²) < 4.78 is 6.99. The average molecular weight is 424 g/mol. The minimum Gasteiger partial charge on any atom is -0.445 e. The lowest BCUT2D eigenvalue weighted by molar-refractivity contribution is -0.111. The van der Waals surface area contributed by atoms with Crippen molar-refractivity contribution >= 4 is 45.8 Å². The number of aromatic nitrogens is 1. The fourth-order valence-corrected chi connectivity index (χ4v) is 5.11. The molecule has 4 rings (SSSR count). The summed E-state index contributed by atoms with van der Waals surface area (Å²) in [5.41, 5.74) is 2.42. The van der Waals surface area contributed by atoms with Crippen molar-refractivity contribution in [2.45, 2.75) is 25.4 Å². The number of amides is 1. The van der Waals surface area contributed by atoms with Gasteiger partial charge >= 0.3 is 6.09 Å². The zero-order valence-corrected chi connectivity index (χ0v) is 17.0. The number of nitrogens with zero attached hydrogens (tertiary/aromatic N) is 2. The van der Waals surface area contributed by atoms with Gasteiger partial charge in [-0.15, -0.1) is 11.3 Å². The average Bonchev–Trinajstić information content (AvgIpc) is 3.46. The van der Waals surface area contributed by atoms with E-state index in [1.54, 1.807) is 41.9 Å². The Morgan fingerprint density at radius 1 is 1.34 bits per heavy atom. The van der Waals surface area contributed by atoms with Gasteiger partial charge in [-0.2, -0.15) is 16.6 Å². The van der Waals surface area contributed by atoms with Crippen LogP contribution in [-0.2, 0) is 22.4 Å². The first-order valence-corrected chi connectivity index (χ1v) is 10.8. The molecule has 0 radical (unpaired) electrons. The largest absolute Gasteiger partial charge is 0.445 e. The van der Waals surface area contributed by atoms with Gasteiger partial charge in [-0.05, 0) is 59.0 Å². The quantitative estimate of drug-likeness (QED) is 0.618. The summed E-state index contributed by atoms with van der Waals surface area (Å²) in [5.74, 6) is -0.276. The van der Waals surface area contributed by atoms with Crippen molar-refractivity contribution in [3.63, 3.8) is 0 Å². The van der Waals surface area contributed by atoms with Gasteiger partial charge in [0.15, 0.2) is 0 Å². The summed E-state index contributed by atoms with van der Waals surface area (Å²) in [6.45, 7) is 0. The maximum Gasteiger partial charge on any atom is 0.418 e. The Labute approximate surface area is 175 Å². The topological polar surface area (TPSA) is 84.1 Å². The molecule has 0 aromatic carbocycles. The number of hydrogen-bond donors (Lipinski definition) is 1. The van der Waals surface area contributed by atoms with Gasteiger partial charge < -0.3 is 10.1 Å². The lowest BCUT2D eigenvalue weighted by Gasteiger charge is -2.22. The normalized spacial score (nSPS) is 15.6. The number of rotatable bonds is 4. The van der Waals surface area contributed by atoms with E-state index >= 15 is 0 Å². The molecule has 0 saturated carbocycles. The molecule has 1 atom stereocenters. The minimum absolute atomic E-state index is 0.246. The molecular formula is C21H17N3O3S2. The van der Waals surface area contributed by atoms with E-state index in [2.05, 4.69) is 11.4 Å². The summed E-state index contributed by atoms with van der Waals surface area (Å²) in [5, 5.41) is 16.9. The van der Waals surface area contributed by atoms with Crippen LogP contribution < -0.4 is 5.32 Å². The molecule has 1 amide bonds. The number of nitrogens with one attached hydrogen (secondary N) is 1. The Balaban J connectivity index is 1.45. The van der Waals surface area contributed by atoms with E-state index in [4.69, 9.17) is 4.74 Å². The van der Waals surface area contributed by atoms with Crippen LogP contribution in [0.2, 0.25) is 0 Å². The summed E-state index contributed by atoms with van der Waals surface area (Å²) in [7, 11) is 0. The molecule has 1 unspecified atom stereocenters.